The van der Waals surface area contributed by atoms with Crippen molar-refractivity contribution in [2.45, 2.75) is 118 Å². The predicted molar refractivity (Wildman–Crippen MR) is 119 cm³/mol. The summed E-state index contributed by atoms with van der Waals surface area (Å²) in [6.07, 6.45) is 14.5. The van der Waals surface area contributed by atoms with E-state index < -0.39 is 11.9 Å². The molecule has 0 fully saturated rings. The monoisotopic (exact) mass is 420 g/mol. The first kappa shape index (κ1) is 32.5. The van der Waals surface area contributed by atoms with Crippen molar-refractivity contribution in [3.63, 3.8) is 0 Å². The molecule has 0 aliphatic heterocycles. The van der Waals surface area contributed by atoms with Crippen LogP contribution in [0.2, 0.25) is 0 Å². The van der Waals surface area contributed by atoms with Crippen LogP contribution in [0.15, 0.2) is 0 Å². The summed E-state index contributed by atoms with van der Waals surface area (Å²) >= 11 is 0. The Morgan fingerprint density at radius 2 is 0.862 bits per heavy atom. The molecule has 0 aromatic rings. The number of aliphatic hydroxyl groups excluding tert-OH is 2. The molecule has 176 valence electrons. The van der Waals surface area contributed by atoms with E-state index in [4.69, 9.17) is 20.4 Å². The smallest absolute Gasteiger partial charge is 0.303 e. The number of carboxylic acid groups (broad SMARTS) is 2. The van der Waals surface area contributed by atoms with Gasteiger partial charge in [-0.15, -0.1) is 0 Å². The Hall–Kier alpha value is -1.14. The van der Waals surface area contributed by atoms with E-state index in [2.05, 4.69) is 13.8 Å². The van der Waals surface area contributed by atoms with Gasteiger partial charge in [0, 0.05) is 18.3 Å². The second kappa shape index (κ2) is 24.9. The highest BCUT2D eigenvalue weighted by atomic mass is 16.4. The topological polar surface area (TPSA) is 115 Å². The van der Waals surface area contributed by atoms with Gasteiger partial charge in [0.15, 0.2) is 0 Å². The van der Waals surface area contributed by atoms with E-state index >= 15 is 0 Å². The Morgan fingerprint density at radius 3 is 1.07 bits per heavy atom. The van der Waals surface area contributed by atoms with Crippen LogP contribution in [-0.2, 0) is 9.59 Å². The Bertz CT molecular complexity index is 349. The fraction of sp³-hybridized carbons (Fsp3) is 0.913. The SMILES string of the molecule is CC(C)(CO)CO.CCCCCCCC(=O)O.CCCCCCCCCC(=O)O. The maximum absolute atomic E-state index is 10.1. The van der Waals surface area contributed by atoms with Crippen molar-refractivity contribution in [1.29, 1.82) is 0 Å². The van der Waals surface area contributed by atoms with Crippen molar-refractivity contribution in [1.82, 2.24) is 0 Å². The van der Waals surface area contributed by atoms with Gasteiger partial charge in [0.05, 0.1) is 13.2 Å². The summed E-state index contributed by atoms with van der Waals surface area (Å²) in [5, 5.41) is 33.5. The predicted octanol–water partition coefficient (Wildman–Crippen LogP) is 5.64. The molecule has 0 saturated carbocycles. The number of aliphatic hydroxyl groups is 2. The summed E-state index contributed by atoms with van der Waals surface area (Å²) in [4.78, 5) is 20.2. The maximum Gasteiger partial charge on any atom is 0.303 e. The highest BCUT2D eigenvalue weighted by molar-refractivity contribution is 5.66. The summed E-state index contributed by atoms with van der Waals surface area (Å²) in [5.41, 5.74) is -0.306. The average molecular weight is 421 g/mol. The van der Waals surface area contributed by atoms with Crippen molar-refractivity contribution in [2.75, 3.05) is 13.2 Å². The molecule has 0 aliphatic carbocycles. The lowest BCUT2D eigenvalue weighted by Gasteiger charge is -2.16. The number of carboxylic acids is 2. The number of hydrogen-bond donors (Lipinski definition) is 4. The second-order valence-corrected chi connectivity index (χ2v) is 8.30. The van der Waals surface area contributed by atoms with Crippen LogP contribution in [0.5, 0.6) is 0 Å². The van der Waals surface area contributed by atoms with E-state index in [0.717, 1.165) is 25.7 Å². The van der Waals surface area contributed by atoms with Gasteiger partial charge in [-0.3, -0.25) is 9.59 Å². The molecule has 4 N–H and O–H groups in total. The van der Waals surface area contributed by atoms with E-state index in [0.29, 0.717) is 12.8 Å². The molecular weight excluding hydrogens is 372 g/mol. The van der Waals surface area contributed by atoms with Crippen LogP contribution in [-0.4, -0.2) is 45.6 Å². The molecule has 0 amide bonds. The molecule has 6 nitrogen and oxygen atoms in total. The lowest BCUT2D eigenvalue weighted by molar-refractivity contribution is -0.138. The third-order valence-corrected chi connectivity index (χ3v) is 4.34. The first-order chi connectivity index (χ1) is 13.7. The van der Waals surface area contributed by atoms with Crippen LogP contribution in [0.4, 0.5) is 0 Å². The van der Waals surface area contributed by atoms with E-state index in [1.807, 2.05) is 0 Å². The molecule has 0 atom stereocenters. The van der Waals surface area contributed by atoms with Gasteiger partial charge in [-0.25, -0.2) is 0 Å². The first-order valence-electron chi connectivity index (χ1n) is 11.3. The molecule has 29 heavy (non-hydrogen) atoms. The number of unbranched alkanes of at least 4 members (excludes halogenated alkanes) is 10. The van der Waals surface area contributed by atoms with Crippen LogP contribution >= 0.6 is 0 Å². The summed E-state index contributed by atoms with van der Waals surface area (Å²) in [7, 11) is 0. The van der Waals surface area contributed by atoms with Gasteiger partial charge in [0.2, 0.25) is 0 Å². The van der Waals surface area contributed by atoms with Crippen molar-refractivity contribution >= 4 is 11.9 Å². The van der Waals surface area contributed by atoms with Gasteiger partial charge in [-0.2, -0.15) is 0 Å². The van der Waals surface area contributed by atoms with E-state index in [1.165, 1.54) is 51.4 Å². The van der Waals surface area contributed by atoms with Gasteiger partial charge >= 0.3 is 11.9 Å². The van der Waals surface area contributed by atoms with Crippen LogP contribution in [0.3, 0.4) is 0 Å². The Labute approximate surface area is 178 Å². The van der Waals surface area contributed by atoms with E-state index in [-0.39, 0.29) is 18.6 Å². The lowest BCUT2D eigenvalue weighted by atomic mass is 9.97. The van der Waals surface area contributed by atoms with Crippen LogP contribution < -0.4 is 0 Å². The zero-order valence-corrected chi connectivity index (χ0v) is 19.4. The van der Waals surface area contributed by atoms with Gasteiger partial charge in [-0.1, -0.05) is 91.9 Å². The Kier molecular flexibility index (Phi) is 27.9. The summed E-state index contributed by atoms with van der Waals surface area (Å²) in [5.74, 6) is -1.33. The molecule has 0 radical (unpaired) electrons. The minimum Gasteiger partial charge on any atom is -0.481 e. The van der Waals surface area contributed by atoms with Gasteiger partial charge < -0.3 is 20.4 Å². The maximum atomic E-state index is 10.1. The summed E-state index contributed by atoms with van der Waals surface area (Å²) in [6, 6.07) is 0. The van der Waals surface area contributed by atoms with Crippen molar-refractivity contribution < 1.29 is 30.0 Å². The number of hydrogen-bond acceptors (Lipinski definition) is 4. The molecular formula is C23H48O6. The fourth-order valence-corrected chi connectivity index (χ4v) is 2.16. The standard InChI is InChI=1S/C10H20O2.C8H16O2.C5H12O2/c1-2-3-4-5-6-7-8-9-10(11)12;1-2-3-4-5-6-7-8(9)10;1-5(2,3-6)4-7/h2-9H2,1H3,(H,11,12);2-7H2,1H3,(H,9,10);6-7H,3-4H2,1-2H3. The zero-order valence-electron chi connectivity index (χ0n) is 19.4. The molecule has 0 rings (SSSR count). The van der Waals surface area contributed by atoms with Gasteiger partial charge in [0.25, 0.3) is 0 Å². The van der Waals surface area contributed by atoms with Crippen LogP contribution in [0.25, 0.3) is 0 Å². The third kappa shape index (κ3) is 38.1. The molecule has 6 heteroatoms. The molecule has 0 aliphatic rings. The lowest BCUT2D eigenvalue weighted by Crippen LogP contribution is -2.20. The molecule has 0 spiro atoms. The third-order valence-electron chi connectivity index (χ3n) is 4.34. The van der Waals surface area contributed by atoms with E-state index in [1.54, 1.807) is 13.8 Å². The highest BCUT2D eigenvalue weighted by Gasteiger charge is 2.13. The molecule has 0 saturated heterocycles. The quantitative estimate of drug-likeness (QED) is 0.240. The van der Waals surface area contributed by atoms with Crippen LogP contribution in [0, 0.1) is 5.41 Å². The second-order valence-electron chi connectivity index (χ2n) is 8.30. The van der Waals surface area contributed by atoms with Gasteiger partial charge in [-0.05, 0) is 12.8 Å². The van der Waals surface area contributed by atoms with E-state index in [9.17, 15) is 9.59 Å². The number of rotatable bonds is 16. The minimum atomic E-state index is -0.670. The summed E-state index contributed by atoms with van der Waals surface area (Å²) in [6.45, 7) is 8.04. The zero-order chi connectivity index (χ0) is 23.0. The average Bonchev–Trinajstić information content (AvgIpc) is 2.68. The molecule has 0 bridgehead atoms. The molecule has 0 heterocycles. The van der Waals surface area contributed by atoms with Crippen molar-refractivity contribution in [2.24, 2.45) is 5.41 Å². The van der Waals surface area contributed by atoms with Crippen molar-refractivity contribution in [3.05, 3.63) is 0 Å². The van der Waals surface area contributed by atoms with Gasteiger partial charge in [0.1, 0.15) is 0 Å². The Balaban J connectivity index is -0.000000362. The molecule has 0 aromatic carbocycles. The number of carbonyl (C=O) groups is 2. The highest BCUT2D eigenvalue weighted by Crippen LogP contribution is 2.10. The normalized spacial score (nSPS) is 10.4. The molecule has 0 unspecified atom stereocenters. The largest absolute Gasteiger partial charge is 0.481 e. The molecule has 0 aromatic heterocycles. The number of aliphatic carboxylic acids is 2. The fourth-order valence-electron chi connectivity index (χ4n) is 2.16. The first-order valence-corrected chi connectivity index (χ1v) is 11.3. The van der Waals surface area contributed by atoms with Crippen LogP contribution in [0.1, 0.15) is 118 Å². The summed E-state index contributed by atoms with van der Waals surface area (Å²) < 4.78 is 0. The minimum absolute atomic E-state index is 0.0451. The van der Waals surface area contributed by atoms with Crippen molar-refractivity contribution in [3.8, 4) is 0 Å². The Morgan fingerprint density at radius 1 is 0.586 bits per heavy atom.